The summed E-state index contributed by atoms with van der Waals surface area (Å²) in [6.45, 7) is 6.58. The first-order valence-corrected chi connectivity index (χ1v) is 8.46. The van der Waals surface area contributed by atoms with Crippen LogP contribution in [0, 0.1) is 5.92 Å². The fraction of sp³-hybridized carbons (Fsp3) is 0.667. The fourth-order valence-electron chi connectivity index (χ4n) is 4.08. The summed E-state index contributed by atoms with van der Waals surface area (Å²) in [6, 6.07) is 7.61. The molecule has 0 spiro atoms. The highest BCUT2D eigenvalue weighted by molar-refractivity contribution is 5.56. The summed E-state index contributed by atoms with van der Waals surface area (Å²) in [4.78, 5) is 4.98. The van der Waals surface area contributed by atoms with Gasteiger partial charge in [0.15, 0.2) is 0 Å². The van der Waals surface area contributed by atoms with Crippen molar-refractivity contribution < 1.29 is 0 Å². The maximum absolute atomic E-state index is 6.02. The van der Waals surface area contributed by atoms with E-state index in [0.717, 1.165) is 19.0 Å². The second kappa shape index (κ2) is 6.37. The molecular weight excluding hydrogens is 258 g/mol. The Balaban J connectivity index is 1.75. The van der Waals surface area contributed by atoms with Crippen LogP contribution in [0.2, 0.25) is 0 Å². The van der Waals surface area contributed by atoms with E-state index in [1.54, 1.807) is 0 Å². The third-order valence-electron chi connectivity index (χ3n) is 5.35. The fourth-order valence-corrected chi connectivity index (χ4v) is 4.08. The van der Waals surface area contributed by atoms with Crippen LogP contribution in [-0.4, -0.2) is 37.6 Å². The smallest absolute Gasteiger partial charge is 0.0396 e. The van der Waals surface area contributed by atoms with E-state index in [2.05, 4.69) is 42.0 Å². The molecule has 0 saturated carbocycles. The number of anilines is 1. The predicted octanol–water partition coefficient (Wildman–Crippen LogP) is 2.63. The van der Waals surface area contributed by atoms with Gasteiger partial charge in [-0.2, -0.15) is 0 Å². The number of piperidine rings is 1. The number of fused-ring (bicyclic) bond motifs is 1. The Bertz CT molecular complexity index is 485. The maximum Gasteiger partial charge on any atom is 0.0396 e. The summed E-state index contributed by atoms with van der Waals surface area (Å²) in [6.07, 6.45) is 5.14. The Kier molecular flexibility index (Phi) is 4.51. The number of hydrogen-bond donors (Lipinski definition) is 1. The van der Waals surface area contributed by atoms with Gasteiger partial charge in [0.05, 0.1) is 0 Å². The minimum Gasteiger partial charge on any atom is -0.374 e. The molecule has 3 rings (SSSR count). The highest BCUT2D eigenvalue weighted by Crippen LogP contribution is 2.29. The summed E-state index contributed by atoms with van der Waals surface area (Å²) in [5, 5.41) is 0. The van der Waals surface area contributed by atoms with Crippen LogP contribution in [-0.2, 0) is 13.0 Å². The van der Waals surface area contributed by atoms with Gasteiger partial charge in [-0.15, -0.1) is 0 Å². The number of rotatable bonds is 3. The number of nitrogens with two attached hydrogens (primary N) is 1. The molecule has 2 aliphatic rings. The highest BCUT2D eigenvalue weighted by atomic mass is 15.2. The number of benzene rings is 1. The Morgan fingerprint density at radius 3 is 2.90 bits per heavy atom. The van der Waals surface area contributed by atoms with Crippen molar-refractivity contribution in [3.8, 4) is 0 Å². The van der Waals surface area contributed by atoms with Crippen LogP contribution in [0.4, 0.5) is 5.69 Å². The van der Waals surface area contributed by atoms with E-state index in [1.165, 1.54) is 55.6 Å². The largest absolute Gasteiger partial charge is 0.374 e. The first-order valence-electron chi connectivity index (χ1n) is 8.46. The van der Waals surface area contributed by atoms with E-state index in [-0.39, 0.29) is 0 Å². The molecule has 0 aliphatic carbocycles. The van der Waals surface area contributed by atoms with E-state index in [9.17, 15) is 0 Å². The van der Waals surface area contributed by atoms with Gasteiger partial charge in [-0.3, -0.25) is 4.90 Å². The van der Waals surface area contributed by atoms with Crippen molar-refractivity contribution in [2.45, 2.75) is 45.2 Å². The zero-order chi connectivity index (χ0) is 14.8. The quantitative estimate of drug-likeness (QED) is 0.927. The van der Waals surface area contributed by atoms with Gasteiger partial charge in [-0.25, -0.2) is 0 Å². The lowest BCUT2D eigenvalue weighted by Gasteiger charge is -2.39. The standard InChI is InChI=1S/C18H29N3/c1-14-5-3-10-21(18(14)12-19)13-15-7-8-17-16(11-15)6-4-9-20(17)2/h7-8,11,14,18H,3-6,9-10,12-13,19H2,1-2H3. The molecule has 21 heavy (non-hydrogen) atoms. The van der Waals surface area contributed by atoms with Crippen molar-refractivity contribution in [2.75, 3.05) is 31.6 Å². The Labute approximate surface area is 129 Å². The first kappa shape index (κ1) is 14.9. The highest BCUT2D eigenvalue weighted by Gasteiger charge is 2.27. The molecule has 0 amide bonds. The van der Waals surface area contributed by atoms with E-state index in [1.807, 2.05) is 0 Å². The average Bonchev–Trinajstić information content (AvgIpc) is 2.48. The SMILES string of the molecule is CC1CCCN(Cc2ccc3c(c2)CCCN3C)C1CN. The van der Waals surface area contributed by atoms with Gasteiger partial charge in [0, 0.05) is 38.4 Å². The average molecular weight is 287 g/mol. The second-order valence-electron chi connectivity index (χ2n) is 6.88. The zero-order valence-corrected chi connectivity index (χ0v) is 13.5. The van der Waals surface area contributed by atoms with Crippen LogP contribution in [0.5, 0.6) is 0 Å². The Morgan fingerprint density at radius 2 is 2.10 bits per heavy atom. The monoisotopic (exact) mass is 287 g/mol. The van der Waals surface area contributed by atoms with E-state index < -0.39 is 0 Å². The molecule has 116 valence electrons. The third-order valence-corrected chi connectivity index (χ3v) is 5.35. The number of nitrogens with zero attached hydrogens (tertiary/aromatic N) is 2. The molecule has 3 nitrogen and oxygen atoms in total. The van der Waals surface area contributed by atoms with Gasteiger partial charge in [0.25, 0.3) is 0 Å². The lowest BCUT2D eigenvalue weighted by Crippen LogP contribution is -2.48. The summed E-state index contributed by atoms with van der Waals surface area (Å²) in [7, 11) is 2.20. The van der Waals surface area contributed by atoms with Crippen LogP contribution < -0.4 is 10.6 Å². The molecule has 0 aromatic heterocycles. The van der Waals surface area contributed by atoms with Crippen LogP contribution in [0.15, 0.2) is 18.2 Å². The van der Waals surface area contributed by atoms with Crippen LogP contribution >= 0.6 is 0 Å². The molecule has 1 aromatic carbocycles. The van der Waals surface area contributed by atoms with Gasteiger partial charge in [0.2, 0.25) is 0 Å². The van der Waals surface area contributed by atoms with Crippen LogP contribution in [0.1, 0.15) is 37.3 Å². The van der Waals surface area contributed by atoms with Crippen molar-refractivity contribution in [3.63, 3.8) is 0 Å². The summed E-state index contributed by atoms with van der Waals surface area (Å²) in [5.41, 5.74) is 10.4. The van der Waals surface area contributed by atoms with Crippen LogP contribution in [0.3, 0.4) is 0 Å². The molecule has 2 heterocycles. The summed E-state index contributed by atoms with van der Waals surface area (Å²) >= 11 is 0. The molecule has 3 heteroatoms. The molecule has 1 saturated heterocycles. The molecule has 2 atom stereocenters. The predicted molar refractivity (Wildman–Crippen MR) is 89.7 cm³/mol. The molecule has 0 bridgehead atoms. The molecular formula is C18H29N3. The molecule has 0 radical (unpaired) electrons. The van der Waals surface area contributed by atoms with Crippen molar-refractivity contribution in [1.29, 1.82) is 0 Å². The summed E-state index contributed by atoms with van der Waals surface area (Å²) in [5.74, 6) is 0.729. The lowest BCUT2D eigenvalue weighted by molar-refractivity contribution is 0.0990. The molecule has 1 fully saturated rings. The van der Waals surface area contributed by atoms with E-state index in [0.29, 0.717) is 6.04 Å². The van der Waals surface area contributed by atoms with Crippen molar-refractivity contribution in [2.24, 2.45) is 11.7 Å². The van der Waals surface area contributed by atoms with E-state index in [4.69, 9.17) is 5.73 Å². The Hall–Kier alpha value is -1.06. The van der Waals surface area contributed by atoms with Crippen molar-refractivity contribution in [3.05, 3.63) is 29.3 Å². The minimum atomic E-state index is 0.553. The zero-order valence-electron chi connectivity index (χ0n) is 13.5. The summed E-state index contributed by atoms with van der Waals surface area (Å²) < 4.78 is 0. The minimum absolute atomic E-state index is 0.553. The molecule has 1 aromatic rings. The molecule has 2 aliphatic heterocycles. The molecule has 2 unspecified atom stereocenters. The molecule has 2 N–H and O–H groups in total. The number of likely N-dealkylation sites (tertiary alicyclic amines) is 1. The van der Waals surface area contributed by atoms with Crippen molar-refractivity contribution in [1.82, 2.24) is 4.90 Å². The van der Waals surface area contributed by atoms with Gasteiger partial charge in [-0.05, 0) is 55.3 Å². The van der Waals surface area contributed by atoms with Gasteiger partial charge >= 0.3 is 0 Å². The maximum atomic E-state index is 6.02. The lowest BCUT2D eigenvalue weighted by atomic mass is 9.90. The number of hydrogen-bond acceptors (Lipinski definition) is 3. The van der Waals surface area contributed by atoms with Gasteiger partial charge in [0.1, 0.15) is 0 Å². The van der Waals surface area contributed by atoms with E-state index >= 15 is 0 Å². The number of aryl methyl sites for hydroxylation is 1. The van der Waals surface area contributed by atoms with Gasteiger partial charge in [-0.1, -0.05) is 19.1 Å². The van der Waals surface area contributed by atoms with Gasteiger partial charge < -0.3 is 10.6 Å². The normalized spacial score (nSPS) is 26.7. The second-order valence-corrected chi connectivity index (χ2v) is 6.88. The topological polar surface area (TPSA) is 32.5 Å². The Morgan fingerprint density at radius 1 is 1.24 bits per heavy atom. The third kappa shape index (κ3) is 3.09. The van der Waals surface area contributed by atoms with Crippen molar-refractivity contribution >= 4 is 5.69 Å². The van der Waals surface area contributed by atoms with Crippen LogP contribution in [0.25, 0.3) is 0 Å². The first-order chi connectivity index (χ1) is 10.2.